The number of Topliss-reactive ketones (excluding diaryl/α,β-unsaturated/α-hetero) is 2. The highest BCUT2D eigenvalue weighted by Crippen LogP contribution is 2.50. The van der Waals surface area contributed by atoms with E-state index >= 15 is 4.57 Å². The van der Waals surface area contributed by atoms with E-state index in [9.17, 15) is 28.4 Å². The number of methoxy groups -OCH3 is 2. The van der Waals surface area contributed by atoms with Crippen LogP contribution in [0.4, 0.5) is 15.8 Å². The first-order chi connectivity index (χ1) is 30.2. The number of nitrogens with one attached hydrogen (secondary N) is 1. The van der Waals surface area contributed by atoms with Crippen molar-refractivity contribution in [3.05, 3.63) is 47.5 Å². The van der Waals surface area contributed by atoms with Gasteiger partial charge in [0.15, 0.2) is 41.9 Å². The van der Waals surface area contributed by atoms with Crippen LogP contribution in [0.5, 0.6) is 23.0 Å². The van der Waals surface area contributed by atoms with Crippen molar-refractivity contribution in [2.24, 2.45) is 28.7 Å². The highest BCUT2D eigenvalue weighted by molar-refractivity contribution is 7.61. The van der Waals surface area contributed by atoms with Crippen LogP contribution in [0.15, 0.2) is 41.4 Å². The van der Waals surface area contributed by atoms with Crippen LogP contribution in [0.1, 0.15) is 79.0 Å². The number of carbonyl (C=O) groups is 5. The van der Waals surface area contributed by atoms with E-state index in [0.29, 0.717) is 77.3 Å². The minimum absolute atomic E-state index is 0.0272. The fourth-order valence-electron chi connectivity index (χ4n) is 9.58. The molecule has 0 radical (unpaired) electrons. The van der Waals surface area contributed by atoms with Crippen LogP contribution in [-0.4, -0.2) is 136 Å². The number of hydrogen-bond donors (Lipinski definition) is 1. The van der Waals surface area contributed by atoms with E-state index in [4.69, 9.17) is 23.9 Å². The van der Waals surface area contributed by atoms with Crippen LogP contribution in [0, 0.1) is 23.7 Å². The molecule has 0 saturated heterocycles. The molecule has 3 amide bonds. The van der Waals surface area contributed by atoms with E-state index in [2.05, 4.69) is 12.2 Å². The standard InChI is InChI=1S/C46H59FN5O10P/c1-6-28-19-29-27-48-35-25-40(38(59-4)23-33(35)45(56)31(29)20-28)61-15-17-63(58,51(3)13-8-12-50(2)42(53)9-7-14-52-43(54)10-11-44(52)55)18-16-62-41-26-37-34(24-39(41)60-5)46(57)32-21-30(47)22-36(32)49-37/h10-11,23-32,36,49H,6-9,12-22H2,1-5H3. The first-order valence-electron chi connectivity index (χ1n) is 22.0. The predicted octanol–water partition coefficient (Wildman–Crippen LogP) is 6.60. The van der Waals surface area contributed by atoms with E-state index < -0.39 is 19.4 Å². The minimum atomic E-state index is -3.25. The first kappa shape index (κ1) is 45.9. The second-order valence-electron chi connectivity index (χ2n) is 17.3. The molecule has 2 saturated carbocycles. The molecule has 2 aromatic rings. The molecule has 17 heteroatoms. The lowest BCUT2D eigenvalue weighted by Gasteiger charge is -2.30. The van der Waals surface area contributed by atoms with E-state index in [1.54, 1.807) is 47.9 Å². The maximum Gasteiger partial charge on any atom is 0.253 e. The molecule has 3 aliphatic heterocycles. The van der Waals surface area contributed by atoms with Crippen molar-refractivity contribution < 1.29 is 51.9 Å². The summed E-state index contributed by atoms with van der Waals surface area (Å²) in [6.45, 7) is 3.15. The molecule has 15 nitrogen and oxygen atoms in total. The minimum Gasteiger partial charge on any atom is -0.493 e. The maximum atomic E-state index is 15.0. The fourth-order valence-corrected chi connectivity index (χ4v) is 11.8. The Balaban J connectivity index is 1.01. The van der Waals surface area contributed by atoms with Crippen molar-refractivity contribution >= 4 is 54.2 Å². The van der Waals surface area contributed by atoms with Crippen LogP contribution in [0.3, 0.4) is 0 Å². The van der Waals surface area contributed by atoms with Gasteiger partial charge in [0.2, 0.25) is 5.91 Å². The summed E-state index contributed by atoms with van der Waals surface area (Å²) in [4.78, 5) is 71.1. The van der Waals surface area contributed by atoms with Gasteiger partial charge in [-0.2, -0.15) is 0 Å². The number of amides is 3. The third-order valence-electron chi connectivity index (χ3n) is 13.4. The Morgan fingerprint density at radius 1 is 0.841 bits per heavy atom. The third-order valence-corrected chi connectivity index (χ3v) is 16.6. The molecule has 3 heterocycles. The van der Waals surface area contributed by atoms with Crippen LogP contribution < -0.4 is 24.3 Å². The Kier molecular flexibility index (Phi) is 14.4. The number of imide groups is 1. The number of nitrogens with zero attached hydrogens (tertiary/aromatic N) is 4. The Morgan fingerprint density at radius 3 is 2.16 bits per heavy atom. The van der Waals surface area contributed by atoms with Crippen molar-refractivity contribution in [3.8, 4) is 23.0 Å². The largest absolute Gasteiger partial charge is 0.493 e. The average Bonchev–Trinajstić information content (AvgIpc) is 3.95. The zero-order valence-corrected chi connectivity index (χ0v) is 37.7. The molecule has 2 fully saturated rings. The van der Waals surface area contributed by atoms with Crippen molar-refractivity contribution in [2.45, 2.75) is 70.5 Å². The van der Waals surface area contributed by atoms with Crippen molar-refractivity contribution in [2.75, 3.05) is 78.8 Å². The Hall–Kier alpha value is -5.08. The van der Waals surface area contributed by atoms with Gasteiger partial charge in [-0.05, 0) is 63.6 Å². The molecule has 5 aliphatic rings. The van der Waals surface area contributed by atoms with Gasteiger partial charge in [0, 0.05) is 117 Å². The highest BCUT2D eigenvalue weighted by atomic mass is 31.2. The number of fused-ring (bicyclic) bond motifs is 4. The van der Waals surface area contributed by atoms with Crippen molar-refractivity contribution in [1.29, 1.82) is 0 Å². The Bertz CT molecular complexity index is 2200. The lowest BCUT2D eigenvalue weighted by Crippen LogP contribution is -2.35. The van der Waals surface area contributed by atoms with Crippen LogP contribution >= 0.6 is 7.29 Å². The second kappa shape index (κ2) is 19.8. The predicted molar refractivity (Wildman–Crippen MR) is 236 cm³/mol. The van der Waals surface area contributed by atoms with Gasteiger partial charge in [-0.25, -0.2) is 4.39 Å². The summed E-state index contributed by atoms with van der Waals surface area (Å²) in [6, 6.07) is 6.41. The van der Waals surface area contributed by atoms with Gasteiger partial charge >= 0.3 is 0 Å². The number of alkyl halides is 1. The fraction of sp³-hybridized carbons (Fsp3) is 0.565. The number of ketones is 2. The molecule has 7 unspecified atom stereocenters. The molecule has 340 valence electrons. The number of carbonyl (C=O) groups excluding carboxylic acids is 5. The maximum absolute atomic E-state index is 15.0. The lowest BCUT2D eigenvalue weighted by molar-refractivity contribution is -0.138. The monoisotopic (exact) mass is 891 g/mol. The SMILES string of the molecule is CCC1CC2C=Nc3cc(OCCP(=O)(CCOc4cc5c(cc4OC)C(=O)C4CC(F)CC4N5)N(C)CCCN(C)C(=O)CCCN4C(=O)C=CC4=O)c(OC)cc3C(=O)C2C1. The van der Waals surface area contributed by atoms with Crippen LogP contribution in [0.2, 0.25) is 0 Å². The van der Waals surface area contributed by atoms with Gasteiger partial charge in [-0.3, -0.25) is 38.5 Å². The number of halogens is 1. The number of aliphatic imine (C=N–C) groups is 1. The normalized spacial score (nSPS) is 24.3. The molecule has 0 spiro atoms. The van der Waals surface area contributed by atoms with Gasteiger partial charge in [0.1, 0.15) is 6.17 Å². The van der Waals surface area contributed by atoms with Gasteiger partial charge < -0.3 is 33.7 Å². The summed E-state index contributed by atoms with van der Waals surface area (Å²) in [6.07, 6.45) is 7.79. The number of rotatable bonds is 20. The topological polar surface area (TPSA) is 173 Å². The third kappa shape index (κ3) is 10.0. The summed E-state index contributed by atoms with van der Waals surface area (Å²) in [5, 5.41) is 3.32. The van der Waals surface area contributed by atoms with Gasteiger partial charge in [0.05, 0.1) is 33.1 Å². The lowest BCUT2D eigenvalue weighted by atomic mass is 9.88. The number of anilines is 1. The van der Waals surface area contributed by atoms with Crippen LogP contribution in [-0.2, 0) is 18.9 Å². The molecule has 7 atom stereocenters. The smallest absolute Gasteiger partial charge is 0.253 e. The first-order valence-corrected chi connectivity index (χ1v) is 24.1. The molecular formula is C46H59FN5O10P. The van der Waals surface area contributed by atoms with Gasteiger partial charge in [-0.1, -0.05) is 13.3 Å². The van der Waals surface area contributed by atoms with Crippen LogP contribution in [0.25, 0.3) is 0 Å². The molecule has 1 N–H and O–H groups in total. The van der Waals surface area contributed by atoms with Crippen molar-refractivity contribution in [1.82, 2.24) is 14.5 Å². The van der Waals surface area contributed by atoms with E-state index in [-0.39, 0.29) is 98.5 Å². The van der Waals surface area contributed by atoms with E-state index in [1.807, 2.05) is 6.21 Å². The number of hydrogen-bond acceptors (Lipinski definition) is 12. The van der Waals surface area contributed by atoms with Gasteiger partial charge in [-0.15, -0.1) is 0 Å². The highest BCUT2D eigenvalue weighted by Gasteiger charge is 2.44. The number of ether oxygens (including phenoxy) is 4. The van der Waals surface area contributed by atoms with Gasteiger partial charge in [0.25, 0.3) is 11.8 Å². The second-order valence-corrected chi connectivity index (χ2v) is 20.6. The zero-order chi connectivity index (χ0) is 45.0. The molecule has 2 aromatic carbocycles. The summed E-state index contributed by atoms with van der Waals surface area (Å²) in [5.74, 6) is 0.527. The summed E-state index contributed by atoms with van der Waals surface area (Å²) in [5.41, 5.74) is 1.99. The Morgan fingerprint density at radius 2 is 1.49 bits per heavy atom. The molecule has 2 aliphatic carbocycles. The summed E-state index contributed by atoms with van der Waals surface area (Å²) < 4.78 is 55.0. The molecule has 63 heavy (non-hydrogen) atoms. The molecular weight excluding hydrogens is 833 g/mol. The van der Waals surface area contributed by atoms with E-state index in [1.165, 1.54) is 26.4 Å². The molecule has 0 aromatic heterocycles. The quantitative estimate of drug-likeness (QED) is 0.112. The molecule has 7 rings (SSSR count). The average molecular weight is 892 g/mol. The molecule has 0 bridgehead atoms. The summed E-state index contributed by atoms with van der Waals surface area (Å²) >= 11 is 0. The van der Waals surface area contributed by atoms with Crippen molar-refractivity contribution in [3.63, 3.8) is 0 Å². The van der Waals surface area contributed by atoms with E-state index in [0.717, 1.165) is 24.2 Å². The zero-order valence-electron chi connectivity index (χ0n) is 36.8. The Labute approximate surface area is 368 Å². The summed E-state index contributed by atoms with van der Waals surface area (Å²) in [7, 11) is 3.20. The number of benzene rings is 2.